The molecule has 0 saturated carbocycles. The smallest absolute Gasteiger partial charge is 0.407 e. The van der Waals surface area contributed by atoms with Crippen LogP contribution in [0.4, 0.5) is 21.0 Å². The number of unbranched alkanes of at least 4 members (excludes halogenated alkanes) is 2. The van der Waals surface area contributed by atoms with Gasteiger partial charge in [-0.1, -0.05) is 44.5 Å². The fourth-order valence-corrected chi connectivity index (χ4v) is 12.2. The maximum atomic E-state index is 14.7. The number of ketones is 3. The lowest BCUT2D eigenvalue weighted by Gasteiger charge is -2.43. The van der Waals surface area contributed by atoms with Crippen molar-refractivity contribution in [2.75, 3.05) is 50.5 Å². The molecule has 0 radical (unpaired) electrons. The molecule has 3 saturated heterocycles. The van der Waals surface area contributed by atoms with E-state index in [1.807, 2.05) is 0 Å². The average Bonchev–Trinajstić information content (AvgIpc) is 1.27. The Kier molecular flexibility index (Phi) is 21.0. The van der Waals surface area contributed by atoms with Gasteiger partial charge in [-0.3, -0.25) is 53.0 Å². The highest BCUT2D eigenvalue weighted by Gasteiger charge is 2.55. The molecule has 29 nitrogen and oxygen atoms in total. The minimum atomic E-state index is -2.14. The number of nitrogens with one attached hydrogen (secondary N) is 6. The van der Waals surface area contributed by atoms with Crippen LogP contribution in [-0.4, -0.2) is 185 Å². The standard InChI is InChI=1S/C62H75N9O20/c1-30(2)50(69-41(73)14-7-6-8-22-71-43(75)19-20-44(71)76)57(82)68-38(13-10-21-64-60(63)83)56(81)66-34-17-15-33(16-18-34)29-88-61(84)65-28-42(74)67-37-12-9-11-35-46(37)53(79)49-48(51(35)77)52(78)36-26-62(85,32(4)72)27-40(47(36)54(49)80)90-45-25-39-55(31(3)89-45)91-58-59(86-5)87-24-23-70(39)58/h9,11-12,15-20,30-31,38-40,45,50,55,58-59,78,80,85H,6-8,10,13-14,21-29H2,1-5H3,(H,65,84)(H,66,81)(H,67,74)(H,68,82)(H,69,73)(H3,63,64,83)/t31-,38-,39-,40-,45-,50-,55+,58+,59-,62-/m0/s1. The number of amides is 9. The zero-order valence-electron chi connectivity index (χ0n) is 50.8. The van der Waals surface area contributed by atoms with E-state index in [0.29, 0.717) is 38.0 Å². The van der Waals surface area contributed by atoms with Crippen molar-refractivity contribution in [3.8, 4) is 11.5 Å². The number of nitrogens with zero attached hydrogens (tertiary/aromatic N) is 2. The Morgan fingerprint density at radius 1 is 0.835 bits per heavy atom. The van der Waals surface area contributed by atoms with E-state index in [2.05, 4.69) is 36.8 Å². The molecule has 9 rings (SSSR count). The summed E-state index contributed by atoms with van der Waals surface area (Å²) in [6.07, 6.45) is -2.07. The number of benzene rings is 3. The van der Waals surface area contributed by atoms with Crippen LogP contribution in [0.1, 0.15) is 134 Å². The van der Waals surface area contributed by atoms with Crippen LogP contribution in [0, 0.1) is 5.92 Å². The van der Waals surface area contributed by atoms with E-state index >= 15 is 0 Å². The number of aromatic hydroxyl groups is 2. The number of primary amides is 1. The number of urea groups is 1. The average molecular weight is 1270 g/mol. The molecule has 3 aromatic rings. The molecule has 10 atom stereocenters. The number of phenols is 2. The van der Waals surface area contributed by atoms with E-state index in [1.165, 1.54) is 61.7 Å². The molecule has 2 aliphatic carbocycles. The van der Waals surface area contributed by atoms with Gasteiger partial charge < -0.3 is 81.4 Å². The van der Waals surface area contributed by atoms with Crippen molar-refractivity contribution in [1.29, 1.82) is 0 Å². The summed E-state index contributed by atoms with van der Waals surface area (Å²) < 4.78 is 35.7. The summed E-state index contributed by atoms with van der Waals surface area (Å²) in [6.45, 7) is 6.61. The number of phenolic OH excluding ortho intramolecular Hbond substituents is 2. The number of alkyl carbamates (subject to hydrolysis) is 1. The lowest BCUT2D eigenvalue weighted by atomic mass is 9.72. The molecule has 11 N–H and O–H groups in total. The zero-order valence-corrected chi connectivity index (χ0v) is 50.8. The second kappa shape index (κ2) is 28.6. The van der Waals surface area contributed by atoms with E-state index in [-0.39, 0.29) is 96.9 Å². The van der Waals surface area contributed by atoms with Crippen molar-refractivity contribution < 1.29 is 96.5 Å². The van der Waals surface area contributed by atoms with Crippen LogP contribution in [0.15, 0.2) is 54.6 Å². The molecule has 4 heterocycles. The molecular formula is C62H75N9O20. The number of hydrogen-bond donors (Lipinski definition) is 10. The van der Waals surface area contributed by atoms with Gasteiger partial charge in [0.25, 0.3) is 11.8 Å². The van der Waals surface area contributed by atoms with Crippen LogP contribution in [-0.2, 0) is 75.0 Å². The third-order valence-corrected chi connectivity index (χ3v) is 17.0. The van der Waals surface area contributed by atoms with Crippen molar-refractivity contribution in [2.45, 2.75) is 153 Å². The van der Waals surface area contributed by atoms with Gasteiger partial charge in [0.05, 0.1) is 41.2 Å². The third-order valence-electron chi connectivity index (χ3n) is 17.0. The molecule has 3 aromatic carbocycles. The van der Waals surface area contributed by atoms with E-state index in [1.54, 1.807) is 20.8 Å². The zero-order chi connectivity index (χ0) is 65.6. The highest BCUT2D eigenvalue weighted by molar-refractivity contribution is 6.32. The summed E-state index contributed by atoms with van der Waals surface area (Å²) in [4.78, 5) is 147. The summed E-state index contributed by atoms with van der Waals surface area (Å²) in [5.41, 5.74) is 1.53. The van der Waals surface area contributed by atoms with Crippen molar-refractivity contribution in [3.63, 3.8) is 0 Å². The van der Waals surface area contributed by atoms with E-state index in [4.69, 9.17) is 34.2 Å². The van der Waals surface area contributed by atoms with E-state index in [9.17, 15) is 68.1 Å². The van der Waals surface area contributed by atoms with Crippen molar-refractivity contribution in [1.82, 2.24) is 31.1 Å². The molecular weight excluding hydrogens is 1190 g/mol. The number of fused-ring (bicyclic) bond motifs is 6. The molecule has 3 fully saturated rings. The molecule has 0 bridgehead atoms. The molecule has 488 valence electrons. The van der Waals surface area contributed by atoms with Crippen molar-refractivity contribution in [3.05, 3.63) is 93.6 Å². The van der Waals surface area contributed by atoms with Gasteiger partial charge in [-0.25, -0.2) is 9.59 Å². The number of rotatable bonds is 25. The second-order valence-electron chi connectivity index (χ2n) is 23.5. The number of morpholine rings is 1. The predicted octanol–water partition coefficient (Wildman–Crippen LogP) is 2.09. The molecule has 0 unspecified atom stereocenters. The summed E-state index contributed by atoms with van der Waals surface area (Å²) in [6, 6.07) is 6.88. The van der Waals surface area contributed by atoms with E-state index in [0.717, 1.165) is 11.8 Å². The van der Waals surface area contributed by atoms with Crippen LogP contribution in [0.5, 0.6) is 11.5 Å². The lowest BCUT2D eigenvalue weighted by Crippen LogP contribution is -2.55. The van der Waals surface area contributed by atoms with Crippen LogP contribution >= 0.6 is 0 Å². The molecule has 91 heavy (non-hydrogen) atoms. The third kappa shape index (κ3) is 14.9. The second-order valence-corrected chi connectivity index (χ2v) is 23.5. The number of hydrogen-bond acceptors (Lipinski definition) is 21. The van der Waals surface area contributed by atoms with Gasteiger partial charge in [-0.2, -0.15) is 0 Å². The maximum Gasteiger partial charge on any atom is 0.407 e. The number of ether oxygens (including phenoxy) is 6. The first-order valence-electron chi connectivity index (χ1n) is 30.1. The van der Waals surface area contributed by atoms with Crippen LogP contribution in [0.3, 0.4) is 0 Å². The molecule has 0 aromatic heterocycles. The molecule has 0 spiro atoms. The van der Waals surface area contributed by atoms with Gasteiger partial charge in [0.2, 0.25) is 23.6 Å². The Hall–Kier alpha value is -8.71. The fourth-order valence-electron chi connectivity index (χ4n) is 12.2. The highest BCUT2D eigenvalue weighted by Crippen LogP contribution is 2.53. The minimum absolute atomic E-state index is 0.0578. The lowest BCUT2D eigenvalue weighted by molar-refractivity contribution is -0.256. The van der Waals surface area contributed by atoms with Gasteiger partial charge in [-0.05, 0) is 69.2 Å². The number of methoxy groups -OCH3 is 1. The number of Topliss-reactive ketones (excluding diaryl/α,β-unsaturated/α-hetero) is 1. The van der Waals surface area contributed by atoms with E-state index < -0.39 is 156 Å². The Balaban J connectivity index is 0.791. The number of nitrogens with two attached hydrogens (primary N) is 1. The Labute approximate surface area is 522 Å². The predicted molar refractivity (Wildman–Crippen MR) is 317 cm³/mol. The van der Waals surface area contributed by atoms with Gasteiger partial charge >= 0.3 is 12.1 Å². The summed E-state index contributed by atoms with van der Waals surface area (Å²) in [7, 11) is 1.51. The normalized spacial score (nSPS) is 23.8. The number of anilines is 2. The highest BCUT2D eigenvalue weighted by atomic mass is 16.7. The summed E-state index contributed by atoms with van der Waals surface area (Å²) in [5, 5.41) is 51.4. The van der Waals surface area contributed by atoms with Crippen molar-refractivity contribution >= 4 is 76.3 Å². The van der Waals surface area contributed by atoms with Crippen LogP contribution < -0.4 is 37.6 Å². The van der Waals surface area contributed by atoms with Crippen LogP contribution in [0.2, 0.25) is 0 Å². The van der Waals surface area contributed by atoms with Gasteiger partial charge in [0.1, 0.15) is 48.4 Å². The Morgan fingerprint density at radius 3 is 2.25 bits per heavy atom. The summed E-state index contributed by atoms with van der Waals surface area (Å²) in [5.74, 6) is -7.75. The largest absolute Gasteiger partial charge is 0.507 e. The van der Waals surface area contributed by atoms with Crippen molar-refractivity contribution in [2.24, 2.45) is 11.7 Å². The summed E-state index contributed by atoms with van der Waals surface area (Å²) >= 11 is 0. The first-order chi connectivity index (χ1) is 43.4. The number of carbonyl (C=O) groups excluding carboxylic acids is 11. The SMILES string of the molecule is CO[C@H]1OCCN2[C@@H]1O[C@@H]1[C@H](C)O[C@@H](O[C@H]3C[C@](O)(C(C)=O)Cc4c(O)c5c(c(O)c43)C(=O)c3c(NC(=O)CNC(=O)OCc4ccc(NC(=O)[C@H](CCCNC(N)=O)NC(=O)[C@@H](NC(=O)CCCCCN6C(=O)C=CC6=O)C(C)C)cc4)cccc3C5=O)C[C@@H]12. The fraction of sp³-hybridized carbons (Fsp3) is 0.500. The first kappa shape index (κ1) is 66.7. The quantitative estimate of drug-likeness (QED) is 0.0258. The number of carbonyl (C=O) groups is 11. The van der Waals surface area contributed by atoms with Gasteiger partial charge in [0.15, 0.2) is 36.2 Å². The topological polar surface area (TPSA) is 409 Å². The Morgan fingerprint density at radius 2 is 1.56 bits per heavy atom. The number of aliphatic hydroxyl groups is 1. The molecule has 9 amide bonds. The molecule has 29 heteroatoms. The monoisotopic (exact) mass is 1270 g/mol. The maximum absolute atomic E-state index is 14.7. The Bertz CT molecular complexity index is 3390. The van der Waals surface area contributed by atoms with Crippen LogP contribution in [0.25, 0.3) is 0 Å². The van der Waals surface area contributed by atoms with Gasteiger partial charge in [0, 0.05) is 93.0 Å². The molecule has 6 aliphatic rings. The first-order valence-corrected chi connectivity index (χ1v) is 30.1. The molecule has 4 aliphatic heterocycles. The number of imide groups is 1. The van der Waals surface area contributed by atoms with Gasteiger partial charge in [-0.15, -0.1) is 0 Å². The minimum Gasteiger partial charge on any atom is -0.507 e.